The maximum atomic E-state index is 13.0. The van der Waals surface area contributed by atoms with Gasteiger partial charge in [-0.2, -0.15) is 0 Å². The van der Waals surface area contributed by atoms with Crippen molar-refractivity contribution in [2.45, 2.75) is 115 Å². The van der Waals surface area contributed by atoms with Gasteiger partial charge in [0.25, 0.3) is 0 Å². The Bertz CT molecular complexity index is 3290. The molecule has 3 aliphatic carbocycles. The number of alkyl halides is 3. The van der Waals surface area contributed by atoms with Gasteiger partial charge in [-0.3, -0.25) is 9.80 Å². The largest absolute Gasteiger partial charge is 0.508 e. The lowest BCUT2D eigenvalue weighted by atomic mass is 9.93. The summed E-state index contributed by atoms with van der Waals surface area (Å²) in [5.74, 6) is 7.79. The SMILES string of the molecule is BrCCBr.BrCCOc1ccccc1.CC(C)(C)OC(=O)N(CC1CN(CCOc2ccccc2)C1)[C@@H]1C[C@H]1c1ccccc1.CC(C)(C)OC(=O)N(CC1CNC1)[C@@H]1C[C@H]1c1ccccc1.Oc1ccccc1.c1ccc(OCCN2CC(CC[C@@H]3C[C@H]3c3ccccc3)C2)cc1. The van der Waals surface area contributed by atoms with Crippen molar-refractivity contribution in [3.63, 3.8) is 0 Å². The van der Waals surface area contributed by atoms with Crippen molar-refractivity contribution in [1.82, 2.24) is 24.9 Å². The van der Waals surface area contributed by atoms with Gasteiger partial charge in [-0.15, -0.1) is 0 Å². The molecule has 0 unspecified atom stereocenters. The summed E-state index contributed by atoms with van der Waals surface area (Å²) < 4.78 is 28.3. The monoisotopic (exact) mass is 1530 g/mol. The van der Waals surface area contributed by atoms with Crippen LogP contribution in [0.5, 0.6) is 23.0 Å². The Morgan fingerprint density at radius 2 is 0.786 bits per heavy atom. The van der Waals surface area contributed by atoms with Crippen LogP contribution in [0.25, 0.3) is 0 Å². The minimum atomic E-state index is -0.479. The molecule has 0 radical (unpaired) electrons. The number of halogens is 3. The van der Waals surface area contributed by atoms with Crippen molar-refractivity contribution in [1.29, 1.82) is 0 Å². The predicted molar refractivity (Wildman–Crippen MR) is 409 cm³/mol. The molecule has 3 saturated heterocycles. The van der Waals surface area contributed by atoms with E-state index in [2.05, 4.69) is 142 Å². The summed E-state index contributed by atoms with van der Waals surface area (Å²) >= 11 is 9.68. The Labute approximate surface area is 610 Å². The van der Waals surface area contributed by atoms with E-state index < -0.39 is 11.2 Å². The highest BCUT2D eigenvalue weighted by Crippen LogP contribution is 2.51. The molecule has 7 aromatic carbocycles. The van der Waals surface area contributed by atoms with Crippen molar-refractivity contribution in [3.8, 4) is 23.0 Å². The molecule has 13 rings (SSSR count). The lowest BCUT2D eigenvalue weighted by Gasteiger charge is -2.42. The van der Waals surface area contributed by atoms with E-state index in [1.807, 2.05) is 161 Å². The summed E-state index contributed by atoms with van der Waals surface area (Å²) in [6.07, 6.45) is 5.95. The van der Waals surface area contributed by atoms with Crippen molar-refractivity contribution < 1.29 is 38.4 Å². The summed E-state index contributed by atoms with van der Waals surface area (Å²) in [6.45, 7) is 23.9. The first-order valence-electron chi connectivity index (χ1n) is 35.2. The molecule has 6 atom stereocenters. The molecule has 3 heterocycles. The molecule has 0 bridgehead atoms. The van der Waals surface area contributed by atoms with Gasteiger partial charge in [-0.25, -0.2) is 9.59 Å². The maximum Gasteiger partial charge on any atom is 0.410 e. The van der Waals surface area contributed by atoms with Gasteiger partial charge in [0.2, 0.25) is 0 Å². The summed E-state index contributed by atoms with van der Waals surface area (Å²) in [4.78, 5) is 34.4. The maximum absolute atomic E-state index is 13.0. The van der Waals surface area contributed by atoms with Crippen LogP contribution in [0, 0.1) is 23.7 Å². The highest BCUT2D eigenvalue weighted by Gasteiger charge is 2.49. The molecular weight excluding hydrogens is 1420 g/mol. The molecule has 13 nitrogen and oxygen atoms in total. The van der Waals surface area contributed by atoms with Crippen molar-refractivity contribution >= 4 is 60.0 Å². The number of amides is 2. The highest BCUT2D eigenvalue weighted by molar-refractivity contribution is 9.12. The van der Waals surface area contributed by atoms with E-state index in [0.29, 0.717) is 36.0 Å². The standard InChI is InChI=1S/C26H34N2O3.C22H27NO.C18H26N2O2.C8H9BrO.C6H6O.C2H4Br2/c1-26(2,3)31-25(29)28(24-16-23(24)21-10-6-4-7-11-21)19-20-17-27(18-20)14-15-30-22-12-8-5-9-13-22;1-3-7-19(8-4-1)22-15-20(22)12-11-18-16-23(17-18)13-14-24-21-9-5-2-6-10-21;1-18(2,3)22-17(21)20(12-13-10-19-11-13)16-9-15(16)14-7-5-4-6-8-14;9-6-7-10-8-4-2-1-3-5-8;7-6-4-2-1-3-5-6;3-1-2-4/h4-13,20,23-24H,14-19H2,1-3H3;1-10,18,20,22H,11-17H2;4-8,13,15-16,19H,9-12H2,1-3H3;1-5H,6-7H2;1-5,7H;1-2H2/t23-,24+;20-,22+;15-,16+;;;/m010.../s1. The first-order chi connectivity index (χ1) is 47.4. The summed E-state index contributed by atoms with van der Waals surface area (Å²) in [5.41, 5.74) is 3.27. The number of para-hydroxylation sites is 4. The van der Waals surface area contributed by atoms with Crippen LogP contribution >= 0.6 is 47.8 Å². The van der Waals surface area contributed by atoms with E-state index in [0.717, 1.165) is 129 Å². The van der Waals surface area contributed by atoms with E-state index in [4.69, 9.17) is 28.8 Å². The molecule has 16 heteroatoms. The zero-order valence-corrected chi connectivity index (χ0v) is 63.2. The van der Waals surface area contributed by atoms with Crippen LogP contribution in [0.4, 0.5) is 9.59 Å². The lowest BCUT2D eigenvalue weighted by molar-refractivity contribution is 0.00595. The number of likely N-dealkylation sites (tertiary alicyclic amines) is 2. The van der Waals surface area contributed by atoms with E-state index in [1.165, 1.54) is 43.5 Å². The topological polar surface area (TPSA) is 126 Å². The summed E-state index contributed by atoms with van der Waals surface area (Å²) in [7, 11) is 0. The fourth-order valence-corrected chi connectivity index (χ4v) is 12.6. The number of phenolic OH excluding ortho intramolecular Hbond substituents is 1. The van der Waals surface area contributed by atoms with E-state index in [-0.39, 0.29) is 24.3 Å². The highest BCUT2D eigenvalue weighted by atomic mass is 79.9. The average Bonchev–Trinajstić information content (AvgIpc) is 1.63. The third-order valence-electron chi connectivity index (χ3n) is 17.7. The molecule has 3 aliphatic heterocycles. The normalized spacial score (nSPS) is 19.9. The second-order valence-corrected chi connectivity index (χ2v) is 30.5. The first kappa shape index (κ1) is 77.3. The molecular formula is C82H106Br3N5O8. The van der Waals surface area contributed by atoms with Crippen molar-refractivity contribution in [2.75, 3.05) is 101 Å². The van der Waals surface area contributed by atoms with E-state index >= 15 is 0 Å². The molecule has 0 spiro atoms. The van der Waals surface area contributed by atoms with Crippen molar-refractivity contribution in [2.24, 2.45) is 23.7 Å². The van der Waals surface area contributed by atoms with Gasteiger partial charge >= 0.3 is 12.2 Å². The van der Waals surface area contributed by atoms with Crippen LogP contribution in [0.1, 0.15) is 108 Å². The van der Waals surface area contributed by atoms with Crippen LogP contribution in [0.2, 0.25) is 0 Å². The number of aromatic hydroxyl groups is 1. The van der Waals surface area contributed by atoms with Crippen LogP contribution in [-0.2, 0) is 9.47 Å². The Balaban J connectivity index is 0.000000165. The summed E-state index contributed by atoms with van der Waals surface area (Å²) in [5, 5.41) is 14.9. The zero-order chi connectivity index (χ0) is 69.5. The number of rotatable bonds is 24. The Morgan fingerprint density at radius 3 is 1.12 bits per heavy atom. The number of carbonyl (C=O) groups is 2. The van der Waals surface area contributed by atoms with Crippen LogP contribution in [0.15, 0.2) is 212 Å². The molecule has 98 heavy (non-hydrogen) atoms. The Morgan fingerprint density at radius 1 is 0.439 bits per heavy atom. The molecule has 7 aromatic rings. The number of nitrogens with one attached hydrogen (secondary N) is 1. The Kier molecular flexibility index (Phi) is 32.2. The third-order valence-corrected chi connectivity index (χ3v) is 19.9. The molecule has 3 saturated carbocycles. The second-order valence-electron chi connectivity index (χ2n) is 28.2. The van der Waals surface area contributed by atoms with Gasteiger partial charge in [0.1, 0.15) is 47.4 Å². The van der Waals surface area contributed by atoms with Crippen molar-refractivity contribution in [3.05, 3.63) is 229 Å². The van der Waals surface area contributed by atoms with Crippen LogP contribution in [-0.4, -0.2) is 161 Å². The van der Waals surface area contributed by atoms with Gasteiger partial charge < -0.3 is 43.9 Å². The first-order valence-corrected chi connectivity index (χ1v) is 38.6. The number of phenols is 1. The molecule has 6 aliphatic rings. The van der Waals surface area contributed by atoms with Crippen LogP contribution in [0.3, 0.4) is 0 Å². The number of hydrogen-bond acceptors (Lipinski definition) is 11. The molecule has 528 valence electrons. The summed E-state index contributed by atoms with van der Waals surface area (Å²) in [6, 6.07) is 71.1. The fourth-order valence-electron chi connectivity index (χ4n) is 12.4. The molecule has 2 N–H and O–H groups in total. The van der Waals surface area contributed by atoms with E-state index in [9.17, 15) is 9.59 Å². The second kappa shape index (κ2) is 40.8. The van der Waals surface area contributed by atoms with Gasteiger partial charge in [0, 0.05) is 117 Å². The number of carbonyl (C=O) groups excluding carboxylic acids is 2. The molecule has 2 amide bonds. The molecule has 0 aromatic heterocycles. The fraction of sp³-hybridized carbons (Fsp3) is 0.463. The minimum absolute atomic E-state index is 0.164. The smallest absolute Gasteiger partial charge is 0.410 e. The quantitative estimate of drug-likeness (QED) is 0.0562. The minimum Gasteiger partial charge on any atom is -0.508 e. The molecule has 6 fully saturated rings. The van der Waals surface area contributed by atoms with Gasteiger partial charge in [0.05, 0.1) is 6.61 Å². The number of hydrogen-bond donors (Lipinski definition) is 2. The number of nitrogens with zero attached hydrogens (tertiary/aromatic N) is 4. The van der Waals surface area contributed by atoms with E-state index in [1.54, 1.807) is 29.8 Å². The van der Waals surface area contributed by atoms with Gasteiger partial charge in [-0.1, -0.05) is 212 Å². The van der Waals surface area contributed by atoms with Crippen LogP contribution < -0.4 is 19.5 Å². The number of benzene rings is 7. The average molecular weight is 1530 g/mol. The third kappa shape index (κ3) is 28.3. The Hall–Kier alpha value is -6.40. The number of ether oxygens (including phenoxy) is 5. The van der Waals surface area contributed by atoms with Gasteiger partial charge in [0.15, 0.2) is 0 Å². The zero-order valence-electron chi connectivity index (χ0n) is 58.5. The predicted octanol–water partition coefficient (Wildman–Crippen LogP) is 18.0. The van der Waals surface area contributed by atoms with Gasteiger partial charge in [-0.05, 0) is 157 Å². The lowest BCUT2D eigenvalue weighted by Crippen LogP contribution is -2.54.